The van der Waals surface area contributed by atoms with Crippen LogP contribution in [0, 0.1) is 0 Å². The van der Waals surface area contributed by atoms with Gasteiger partial charge < -0.3 is 10.4 Å². The maximum Gasteiger partial charge on any atom is 0.157 e. The van der Waals surface area contributed by atoms with Crippen molar-refractivity contribution in [2.24, 2.45) is 0 Å². The second-order valence-corrected chi connectivity index (χ2v) is 3.50. The molecule has 0 bridgehead atoms. The molecule has 2 aromatic heterocycles. The molecule has 1 unspecified atom stereocenters. The molecule has 0 saturated heterocycles. The Morgan fingerprint density at radius 2 is 2.40 bits per heavy atom. The summed E-state index contributed by atoms with van der Waals surface area (Å²) in [5.74, 6) is 0.809. The fourth-order valence-electron chi connectivity index (χ4n) is 1.41. The predicted molar refractivity (Wildman–Crippen MR) is 57.8 cm³/mol. The third kappa shape index (κ3) is 2.24. The van der Waals surface area contributed by atoms with E-state index in [2.05, 4.69) is 15.4 Å². The minimum atomic E-state index is 0.184. The third-order valence-corrected chi connectivity index (χ3v) is 2.21. The Hall–Kier alpha value is -1.62. The molecule has 0 aliphatic rings. The highest BCUT2D eigenvalue weighted by Crippen LogP contribution is 2.08. The van der Waals surface area contributed by atoms with E-state index in [9.17, 15) is 0 Å². The van der Waals surface area contributed by atoms with E-state index in [1.807, 2.05) is 25.3 Å². The number of aliphatic hydroxyl groups excluding tert-OH is 1. The van der Waals surface area contributed by atoms with Crippen LogP contribution in [-0.2, 0) is 0 Å². The molecule has 0 aliphatic carbocycles. The number of hydrogen-bond acceptors (Lipinski definition) is 4. The summed E-state index contributed by atoms with van der Waals surface area (Å²) in [4.78, 5) is 4.37. The number of aromatic nitrogens is 3. The van der Waals surface area contributed by atoms with Crippen molar-refractivity contribution in [3.05, 3.63) is 24.5 Å². The lowest BCUT2D eigenvalue weighted by Gasteiger charge is -2.12. The van der Waals surface area contributed by atoms with Crippen LogP contribution < -0.4 is 5.32 Å². The van der Waals surface area contributed by atoms with Crippen molar-refractivity contribution in [2.45, 2.75) is 19.4 Å². The van der Waals surface area contributed by atoms with E-state index in [1.165, 1.54) is 0 Å². The Morgan fingerprint density at radius 1 is 1.53 bits per heavy atom. The first kappa shape index (κ1) is 9.92. The van der Waals surface area contributed by atoms with E-state index >= 15 is 0 Å². The van der Waals surface area contributed by atoms with Crippen molar-refractivity contribution in [3.8, 4) is 0 Å². The Kier molecular flexibility index (Phi) is 2.82. The molecule has 80 valence electrons. The van der Waals surface area contributed by atoms with Gasteiger partial charge in [0.2, 0.25) is 0 Å². The molecular weight excluding hydrogens is 192 g/mol. The Labute approximate surface area is 87.8 Å². The number of rotatable bonds is 4. The van der Waals surface area contributed by atoms with E-state index in [-0.39, 0.29) is 12.6 Å². The molecule has 0 fully saturated rings. The van der Waals surface area contributed by atoms with Crippen molar-refractivity contribution in [3.63, 3.8) is 0 Å². The molecular formula is C10H14N4O. The van der Waals surface area contributed by atoms with Gasteiger partial charge in [-0.1, -0.05) is 0 Å². The van der Waals surface area contributed by atoms with Gasteiger partial charge in [-0.25, -0.2) is 9.50 Å². The maximum atomic E-state index is 8.78. The van der Waals surface area contributed by atoms with Gasteiger partial charge in [0.05, 0.1) is 6.20 Å². The van der Waals surface area contributed by atoms with Gasteiger partial charge in [0.15, 0.2) is 5.65 Å². The van der Waals surface area contributed by atoms with Gasteiger partial charge >= 0.3 is 0 Å². The van der Waals surface area contributed by atoms with Crippen molar-refractivity contribution in [1.82, 2.24) is 14.6 Å². The molecule has 0 saturated carbocycles. The van der Waals surface area contributed by atoms with Crippen LogP contribution in [0.2, 0.25) is 0 Å². The van der Waals surface area contributed by atoms with Crippen LogP contribution in [0.1, 0.15) is 13.3 Å². The molecule has 0 aromatic carbocycles. The number of aliphatic hydroxyl groups is 1. The highest BCUT2D eigenvalue weighted by Gasteiger charge is 2.03. The van der Waals surface area contributed by atoms with Gasteiger partial charge in [-0.2, -0.15) is 5.10 Å². The van der Waals surface area contributed by atoms with Gasteiger partial charge in [-0.3, -0.25) is 0 Å². The normalized spacial score (nSPS) is 12.9. The maximum absolute atomic E-state index is 8.78. The van der Waals surface area contributed by atoms with Gasteiger partial charge in [-0.15, -0.1) is 0 Å². The first-order valence-electron chi connectivity index (χ1n) is 4.97. The molecule has 2 heterocycles. The molecule has 15 heavy (non-hydrogen) atoms. The molecule has 1 atom stereocenters. The number of hydrogen-bond donors (Lipinski definition) is 2. The number of nitrogens with one attached hydrogen (secondary N) is 1. The quantitative estimate of drug-likeness (QED) is 0.780. The summed E-state index contributed by atoms with van der Waals surface area (Å²) in [6.07, 6.45) is 4.28. The van der Waals surface area contributed by atoms with Crippen LogP contribution in [0.5, 0.6) is 0 Å². The lowest BCUT2D eigenvalue weighted by Crippen LogP contribution is -2.17. The van der Waals surface area contributed by atoms with Crippen LogP contribution >= 0.6 is 0 Å². The van der Waals surface area contributed by atoms with Crippen molar-refractivity contribution in [1.29, 1.82) is 0 Å². The first-order valence-corrected chi connectivity index (χ1v) is 4.97. The molecule has 5 heteroatoms. The van der Waals surface area contributed by atoms with Crippen molar-refractivity contribution < 1.29 is 5.11 Å². The summed E-state index contributed by atoms with van der Waals surface area (Å²) in [6.45, 7) is 2.20. The number of fused-ring (bicyclic) bond motifs is 1. The second-order valence-electron chi connectivity index (χ2n) is 3.50. The molecule has 0 amide bonds. The highest BCUT2D eigenvalue weighted by molar-refractivity contribution is 5.45. The van der Waals surface area contributed by atoms with Gasteiger partial charge in [0, 0.05) is 24.9 Å². The molecule has 0 radical (unpaired) electrons. The summed E-state index contributed by atoms with van der Waals surface area (Å²) < 4.78 is 1.71. The van der Waals surface area contributed by atoms with E-state index < -0.39 is 0 Å². The Morgan fingerprint density at radius 3 is 3.20 bits per heavy atom. The summed E-state index contributed by atoms with van der Waals surface area (Å²) in [7, 11) is 0. The largest absolute Gasteiger partial charge is 0.396 e. The van der Waals surface area contributed by atoms with Gasteiger partial charge in [-0.05, 0) is 19.4 Å². The minimum absolute atomic E-state index is 0.184. The molecule has 0 aliphatic heterocycles. The lowest BCUT2D eigenvalue weighted by molar-refractivity contribution is 0.282. The zero-order valence-electron chi connectivity index (χ0n) is 8.59. The zero-order chi connectivity index (χ0) is 10.7. The lowest BCUT2D eigenvalue weighted by atomic mass is 10.2. The monoisotopic (exact) mass is 206 g/mol. The topological polar surface area (TPSA) is 62.5 Å². The number of nitrogens with zero attached hydrogens (tertiary/aromatic N) is 3. The Bertz CT molecular complexity index is 440. The average Bonchev–Trinajstić information content (AvgIpc) is 2.65. The van der Waals surface area contributed by atoms with Crippen LogP contribution in [0.25, 0.3) is 5.65 Å². The first-order chi connectivity index (χ1) is 7.29. The van der Waals surface area contributed by atoms with Crippen LogP contribution in [0.15, 0.2) is 24.5 Å². The van der Waals surface area contributed by atoms with E-state index in [0.29, 0.717) is 6.42 Å². The van der Waals surface area contributed by atoms with Gasteiger partial charge in [0.1, 0.15) is 5.82 Å². The second kappa shape index (κ2) is 4.27. The van der Waals surface area contributed by atoms with E-state index in [4.69, 9.17) is 5.11 Å². The fourth-order valence-corrected chi connectivity index (χ4v) is 1.41. The summed E-state index contributed by atoms with van der Waals surface area (Å²) in [5.41, 5.74) is 0.816. The number of anilines is 1. The molecule has 0 spiro atoms. The summed E-state index contributed by atoms with van der Waals surface area (Å²) in [5, 5.41) is 16.1. The van der Waals surface area contributed by atoms with Crippen molar-refractivity contribution in [2.75, 3.05) is 11.9 Å². The molecule has 2 rings (SSSR count). The zero-order valence-corrected chi connectivity index (χ0v) is 8.59. The SMILES string of the molecule is CC(CCO)Nc1ccn2nccc2n1. The summed E-state index contributed by atoms with van der Waals surface area (Å²) in [6, 6.07) is 3.93. The van der Waals surface area contributed by atoms with Gasteiger partial charge in [0.25, 0.3) is 0 Å². The average molecular weight is 206 g/mol. The standard InChI is InChI=1S/C10H14N4O/c1-8(4-7-15)12-9-3-6-14-10(13-9)2-5-11-14/h2-3,5-6,8,15H,4,7H2,1H3,(H,12,13). The fraction of sp³-hybridized carbons (Fsp3) is 0.400. The van der Waals surface area contributed by atoms with Crippen LogP contribution in [-0.4, -0.2) is 32.4 Å². The van der Waals surface area contributed by atoms with E-state index in [1.54, 1.807) is 10.7 Å². The van der Waals surface area contributed by atoms with E-state index in [0.717, 1.165) is 11.5 Å². The van der Waals surface area contributed by atoms with Crippen LogP contribution in [0.3, 0.4) is 0 Å². The molecule has 2 N–H and O–H groups in total. The molecule has 5 nitrogen and oxygen atoms in total. The minimum Gasteiger partial charge on any atom is -0.396 e. The predicted octanol–water partition coefficient (Wildman–Crippen LogP) is 0.912. The molecule has 2 aromatic rings. The highest BCUT2D eigenvalue weighted by atomic mass is 16.3. The Balaban J connectivity index is 2.14. The smallest absolute Gasteiger partial charge is 0.157 e. The van der Waals surface area contributed by atoms with Crippen molar-refractivity contribution >= 4 is 11.5 Å². The summed E-state index contributed by atoms with van der Waals surface area (Å²) >= 11 is 0. The third-order valence-electron chi connectivity index (χ3n) is 2.21. The van der Waals surface area contributed by atoms with Crippen LogP contribution in [0.4, 0.5) is 5.82 Å².